The Bertz CT molecular complexity index is 290. The summed E-state index contributed by atoms with van der Waals surface area (Å²) in [4.78, 5) is 0. The SMILES string of the molecule is COCCNS(=O)(=O)N(CCO)C1CCC1. The van der Waals surface area contributed by atoms with Crippen LogP contribution in [0, 0.1) is 0 Å². The number of aliphatic hydroxyl groups is 1. The van der Waals surface area contributed by atoms with Crippen molar-refractivity contribution in [3.8, 4) is 0 Å². The number of methoxy groups -OCH3 is 1. The van der Waals surface area contributed by atoms with E-state index in [1.54, 1.807) is 0 Å². The van der Waals surface area contributed by atoms with Gasteiger partial charge in [0.25, 0.3) is 10.2 Å². The second kappa shape index (κ2) is 6.51. The Labute approximate surface area is 96.8 Å². The molecule has 0 radical (unpaired) electrons. The van der Waals surface area contributed by atoms with Crippen molar-refractivity contribution in [3.63, 3.8) is 0 Å². The van der Waals surface area contributed by atoms with Crippen LogP contribution in [0.25, 0.3) is 0 Å². The largest absolute Gasteiger partial charge is 0.395 e. The lowest BCUT2D eigenvalue weighted by molar-refractivity contribution is 0.174. The highest BCUT2D eigenvalue weighted by Crippen LogP contribution is 2.26. The molecule has 2 N–H and O–H groups in total. The van der Waals surface area contributed by atoms with Gasteiger partial charge in [-0.3, -0.25) is 0 Å². The van der Waals surface area contributed by atoms with Crippen molar-refractivity contribution in [2.45, 2.75) is 25.3 Å². The minimum atomic E-state index is -3.47. The molecule has 0 heterocycles. The van der Waals surface area contributed by atoms with Crippen molar-refractivity contribution in [1.82, 2.24) is 9.03 Å². The average Bonchev–Trinajstić information content (AvgIpc) is 2.14. The smallest absolute Gasteiger partial charge is 0.279 e. The number of hydrogen-bond acceptors (Lipinski definition) is 4. The first kappa shape index (κ1) is 13.9. The van der Waals surface area contributed by atoms with E-state index >= 15 is 0 Å². The molecule has 1 aliphatic rings. The molecule has 0 spiro atoms. The van der Waals surface area contributed by atoms with Crippen molar-refractivity contribution < 1.29 is 18.3 Å². The molecule has 0 aromatic heterocycles. The van der Waals surface area contributed by atoms with Crippen LogP contribution in [0.3, 0.4) is 0 Å². The Morgan fingerprint density at radius 3 is 2.62 bits per heavy atom. The fourth-order valence-electron chi connectivity index (χ4n) is 1.63. The van der Waals surface area contributed by atoms with Crippen LogP contribution >= 0.6 is 0 Å². The van der Waals surface area contributed by atoms with Gasteiger partial charge in [0.2, 0.25) is 0 Å². The van der Waals surface area contributed by atoms with Crippen molar-refractivity contribution >= 4 is 10.2 Å². The maximum Gasteiger partial charge on any atom is 0.279 e. The topological polar surface area (TPSA) is 78.9 Å². The van der Waals surface area contributed by atoms with Gasteiger partial charge < -0.3 is 9.84 Å². The summed E-state index contributed by atoms with van der Waals surface area (Å²) in [5.74, 6) is 0. The molecule has 16 heavy (non-hydrogen) atoms. The molecule has 0 atom stereocenters. The third-order valence-corrected chi connectivity index (χ3v) is 4.37. The van der Waals surface area contributed by atoms with Gasteiger partial charge in [-0.1, -0.05) is 6.42 Å². The van der Waals surface area contributed by atoms with E-state index in [0.29, 0.717) is 6.61 Å². The molecule has 0 aromatic rings. The molecule has 0 amide bonds. The predicted octanol–water partition coefficient (Wildman–Crippen LogP) is -0.686. The fourth-order valence-corrected chi connectivity index (χ4v) is 3.06. The Kier molecular flexibility index (Phi) is 5.63. The molecular formula is C9H20N2O4S. The van der Waals surface area contributed by atoms with Crippen LogP contribution in [0.2, 0.25) is 0 Å². The molecule has 1 aliphatic carbocycles. The van der Waals surface area contributed by atoms with Gasteiger partial charge >= 0.3 is 0 Å². The molecule has 0 aromatic carbocycles. The van der Waals surface area contributed by atoms with E-state index < -0.39 is 10.2 Å². The van der Waals surface area contributed by atoms with E-state index in [0.717, 1.165) is 19.3 Å². The molecule has 0 bridgehead atoms. The minimum Gasteiger partial charge on any atom is -0.395 e. The Balaban J connectivity index is 2.53. The fraction of sp³-hybridized carbons (Fsp3) is 1.00. The second-order valence-electron chi connectivity index (χ2n) is 3.81. The summed E-state index contributed by atoms with van der Waals surface area (Å²) in [6.45, 7) is 0.610. The van der Waals surface area contributed by atoms with Gasteiger partial charge in [-0.25, -0.2) is 0 Å². The molecule has 1 fully saturated rings. The highest BCUT2D eigenvalue weighted by molar-refractivity contribution is 7.87. The summed E-state index contributed by atoms with van der Waals surface area (Å²) >= 11 is 0. The first-order valence-electron chi connectivity index (χ1n) is 5.48. The lowest BCUT2D eigenvalue weighted by atomic mass is 9.93. The molecule has 7 heteroatoms. The van der Waals surface area contributed by atoms with Crippen LogP contribution in [0.5, 0.6) is 0 Å². The van der Waals surface area contributed by atoms with Gasteiger partial charge in [-0.15, -0.1) is 0 Å². The molecule has 0 unspecified atom stereocenters. The number of aliphatic hydroxyl groups excluding tert-OH is 1. The average molecular weight is 252 g/mol. The lowest BCUT2D eigenvalue weighted by Gasteiger charge is -2.36. The van der Waals surface area contributed by atoms with Gasteiger partial charge in [-0.2, -0.15) is 17.4 Å². The van der Waals surface area contributed by atoms with Crippen LogP contribution < -0.4 is 4.72 Å². The van der Waals surface area contributed by atoms with E-state index in [1.165, 1.54) is 11.4 Å². The van der Waals surface area contributed by atoms with Crippen LogP contribution in [-0.4, -0.2) is 57.3 Å². The number of nitrogens with one attached hydrogen (secondary N) is 1. The quantitative estimate of drug-likeness (QED) is 0.561. The minimum absolute atomic E-state index is 0.0483. The van der Waals surface area contributed by atoms with Crippen LogP contribution in [0.4, 0.5) is 0 Å². The summed E-state index contributed by atoms with van der Waals surface area (Å²) in [5.41, 5.74) is 0. The normalized spacial score (nSPS) is 17.7. The summed E-state index contributed by atoms with van der Waals surface area (Å²) in [6, 6.07) is 0.0483. The predicted molar refractivity (Wildman–Crippen MR) is 60.2 cm³/mol. The highest BCUT2D eigenvalue weighted by Gasteiger charge is 2.32. The molecule has 1 rings (SSSR count). The molecule has 96 valence electrons. The van der Waals surface area contributed by atoms with Gasteiger partial charge in [0, 0.05) is 26.2 Å². The summed E-state index contributed by atoms with van der Waals surface area (Å²) in [6.07, 6.45) is 2.82. The Hall–Kier alpha value is -0.210. The summed E-state index contributed by atoms with van der Waals surface area (Å²) in [5, 5.41) is 8.88. The zero-order chi connectivity index (χ0) is 12.0. The number of nitrogens with zero attached hydrogens (tertiary/aromatic N) is 1. The van der Waals surface area contributed by atoms with Crippen molar-refractivity contribution in [3.05, 3.63) is 0 Å². The Morgan fingerprint density at radius 2 is 2.19 bits per heavy atom. The van der Waals surface area contributed by atoms with Crippen molar-refractivity contribution in [2.75, 3.05) is 33.4 Å². The van der Waals surface area contributed by atoms with Gasteiger partial charge in [0.05, 0.1) is 13.2 Å². The van der Waals surface area contributed by atoms with Crippen LogP contribution in [0.15, 0.2) is 0 Å². The number of ether oxygens (including phenoxy) is 1. The maximum atomic E-state index is 11.9. The lowest BCUT2D eigenvalue weighted by Crippen LogP contribution is -2.50. The number of hydrogen-bond donors (Lipinski definition) is 2. The zero-order valence-electron chi connectivity index (χ0n) is 9.55. The monoisotopic (exact) mass is 252 g/mol. The van der Waals surface area contributed by atoms with Crippen LogP contribution in [-0.2, 0) is 14.9 Å². The first-order valence-corrected chi connectivity index (χ1v) is 6.92. The second-order valence-corrected chi connectivity index (χ2v) is 5.52. The Morgan fingerprint density at radius 1 is 1.50 bits per heavy atom. The van der Waals surface area contributed by atoms with E-state index in [9.17, 15) is 8.42 Å². The van der Waals surface area contributed by atoms with E-state index in [1.807, 2.05) is 0 Å². The van der Waals surface area contributed by atoms with E-state index in [4.69, 9.17) is 9.84 Å². The van der Waals surface area contributed by atoms with Crippen molar-refractivity contribution in [1.29, 1.82) is 0 Å². The van der Waals surface area contributed by atoms with Gasteiger partial charge in [0.15, 0.2) is 0 Å². The third kappa shape index (κ3) is 3.67. The van der Waals surface area contributed by atoms with E-state index in [-0.39, 0.29) is 25.7 Å². The standard InChI is InChI=1S/C9H20N2O4S/c1-15-8-5-10-16(13,14)11(6-7-12)9-3-2-4-9/h9-10,12H,2-8H2,1H3. The molecule has 1 saturated carbocycles. The zero-order valence-corrected chi connectivity index (χ0v) is 10.4. The third-order valence-electron chi connectivity index (χ3n) is 2.70. The number of rotatable bonds is 8. The maximum absolute atomic E-state index is 11.9. The van der Waals surface area contributed by atoms with Crippen LogP contribution in [0.1, 0.15) is 19.3 Å². The van der Waals surface area contributed by atoms with Crippen molar-refractivity contribution in [2.24, 2.45) is 0 Å². The summed E-state index contributed by atoms with van der Waals surface area (Å²) in [7, 11) is -1.95. The summed E-state index contributed by atoms with van der Waals surface area (Å²) < 4.78 is 32.3. The molecule has 0 saturated heterocycles. The first-order chi connectivity index (χ1) is 7.61. The van der Waals surface area contributed by atoms with Gasteiger partial charge in [0.1, 0.15) is 0 Å². The van der Waals surface area contributed by atoms with E-state index in [2.05, 4.69) is 4.72 Å². The molecule has 6 nitrogen and oxygen atoms in total. The highest BCUT2D eigenvalue weighted by atomic mass is 32.2. The molecule has 0 aliphatic heterocycles. The van der Waals surface area contributed by atoms with Gasteiger partial charge in [-0.05, 0) is 12.8 Å². The molecular weight excluding hydrogens is 232 g/mol.